The third kappa shape index (κ3) is 3.65. The highest BCUT2D eigenvalue weighted by atomic mass is 16.3. The first-order valence-corrected chi connectivity index (χ1v) is 10.1. The number of aromatic amines is 1. The van der Waals surface area contributed by atoms with Gasteiger partial charge in [-0.1, -0.05) is 60.7 Å². The zero-order chi connectivity index (χ0) is 21.9. The molecule has 0 aliphatic carbocycles. The van der Waals surface area contributed by atoms with E-state index in [1.165, 1.54) is 0 Å². The molecule has 156 valence electrons. The van der Waals surface area contributed by atoms with Crippen LogP contribution in [0, 0.1) is 0 Å². The molecule has 0 bridgehead atoms. The van der Waals surface area contributed by atoms with Crippen LogP contribution in [0.3, 0.4) is 0 Å². The molecule has 5 aromatic rings. The lowest BCUT2D eigenvalue weighted by Gasteiger charge is -2.09. The number of aromatic nitrogens is 1. The first-order valence-electron chi connectivity index (χ1n) is 10.1. The fraction of sp³-hybridized carbons (Fsp3) is 0. The van der Waals surface area contributed by atoms with Crippen molar-refractivity contribution in [3.63, 3.8) is 0 Å². The maximum absolute atomic E-state index is 13.0. The Morgan fingerprint density at radius 1 is 0.750 bits per heavy atom. The maximum atomic E-state index is 13.0. The van der Waals surface area contributed by atoms with Gasteiger partial charge < -0.3 is 9.40 Å². The van der Waals surface area contributed by atoms with Gasteiger partial charge in [0.05, 0.1) is 6.26 Å². The summed E-state index contributed by atoms with van der Waals surface area (Å²) in [6, 6.07) is 26.4. The Hall–Kier alpha value is -4.58. The van der Waals surface area contributed by atoms with E-state index < -0.39 is 11.8 Å². The summed E-state index contributed by atoms with van der Waals surface area (Å²) in [5.41, 5.74) is 9.55. The summed E-state index contributed by atoms with van der Waals surface area (Å²) in [6.45, 7) is 0. The summed E-state index contributed by atoms with van der Waals surface area (Å²) in [5.74, 6) is -0.837. The van der Waals surface area contributed by atoms with Crippen molar-refractivity contribution in [2.75, 3.05) is 0 Å². The molecule has 0 fully saturated rings. The zero-order valence-corrected chi connectivity index (χ0v) is 17.0. The molecule has 0 saturated heterocycles. The van der Waals surface area contributed by atoms with Crippen molar-refractivity contribution in [1.29, 1.82) is 0 Å². The van der Waals surface area contributed by atoms with Crippen LogP contribution in [-0.4, -0.2) is 16.8 Å². The van der Waals surface area contributed by atoms with Crippen LogP contribution >= 0.6 is 0 Å². The van der Waals surface area contributed by atoms with Crippen LogP contribution in [-0.2, 0) is 0 Å². The van der Waals surface area contributed by atoms with Crippen molar-refractivity contribution in [2.45, 2.75) is 0 Å². The lowest BCUT2D eigenvalue weighted by Crippen LogP contribution is -2.41. The van der Waals surface area contributed by atoms with Crippen LogP contribution in [0.1, 0.15) is 20.9 Å². The van der Waals surface area contributed by atoms with Gasteiger partial charge in [-0.05, 0) is 35.4 Å². The Balaban J connectivity index is 1.42. The van der Waals surface area contributed by atoms with Crippen LogP contribution in [0.25, 0.3) is 33.2 Å². The fourth-order valence-corrected chi connectivity index (χ4v) is 3.68. The first kappa shape index (κ1) is 19.4. The molecule has 32 heavy (non-hydrogen) atoms. The third-order valence-corrected chi connectivity index (χ3v) is 5.25. The molecule has 0 aliphatic rings. The number of furan rings is 1. The van der Waals surface area contributed by atoms with Crippen LogP contribution in [0.2, 0.25) is 0 Å². The van der Waals surface area contributed by atoms with E-state index in [4.69, 9.17) is 4.42 Å². The van der Waals surface area contributed by atoms with Gasteiger partial charge in [-0.25, -0.2) is 0 Å². The van der Waals surface area contributed by atoms with Crippen molar-refractivity contribution in [2.24, 2.45) is 0 Å². The second kappa shape index (κ2) is 8.28. The van der Waals surface area contributed by atoms with E-state index in [1.54, 1.807) is 24.6 Å². The van der Waals surface area contributed by atoms with Gasteiger partial charge in [-0.2, -0.15) is 0 Å². The number of carbonyl (C=O) groups excluding carboxylic acids is 2. The summed E-state index contributed by atoms with van der Waals surface area (Å²) in [4.78, 5) is 28.6. The van der Waals surface area contributed by atoms with Gasteiger partial charge in [0.1, 0.15) is 0 Å². The zero-order valence-electron chi connectivity index (χ0n) is 17.0. The Morgan fingerprint density at radius 3 is 2.19 bits per heavy atom. The van der Waals surface area contributed by atoms with Gasteiger partial charge in [-0.3, -0.25) is 20.4 Å². The average Bonchev–Trinajstić information content (AvgIpc) is 3.50. The molecular weight excluding hydrogens is 402 g/mol. The maximum Gasteiger partial charge on any atom is 0.306 e. The Kier molecular flexibility index (Phi) is 5.01. The molecule has 2 heterocycles. The molecule has 0 spiro atoms. The summed E-state index contributed by atoms with van der Waals surface area (Å²) in [6.07, 6.45) is 3.37. The molecule has 2 amide bonds. The number of carbonyl (C=O) groups is 2. The lowest BCUT2D eigenvalue weighted by molar-refractivity contribution is 0.0831. The van der Waals surface area contributed by atoms with E-state index in [2.05, 4.69) is 15.8 Å². The average molecular weight is 421 g/mol. The molecule has 0 radical (unpaired) electrons. The Bertz CT molecular complexity index is 1400. The minimum Gasteiger partial charge on any atom is -0.458 e. The molecule has 2 aromatic heterocycles. The smallest absolute Gasteiger partial charge is 0.306 e. The Morgan fingerprint density at radius 2 is 1.44 bits per heavy atom. The highest BCUT2D eigenvalue weighted by Gasteiger charge is 2.23. The number of nitrogens with one attached hydrogen (secondary N) is 3. The number of fused-ring (bicyclic) bond motifs is 1. The van der Waals surface area contributed by atoms with Gasteiger partial charge in [0.25, 0.3) is 5.91 Å². The molecular formula is C26H19N3O3. The summed E-state index contributed by atoms with van der Waals surface area (Å²) in [5, 5.41) is 0.911. The molecule has 0 aliphatic heterocycles. The molecule has 3 N–H and O–H groups in total. The van der Waals surface area contributed by atoms with Crippen molar-refractivity contribution in [3.8, 4) is 22.3 Å². The minimum atomic E-state index is -0.540. The minimum absolute atomic E-state index is 0.122. The summed E-state index contributed by atoms with van der Waals surface area (Å²) >= 11 is 0. The highest BCUT2D eigenvalue weighted by Crippen LogP contribution is 2.36. The normalized spacial score (nSPS) is 10.8. The largest absolute Gasteiger partial charge is 0.458 e. The van der Waals surface area contributed by atoms with Crippen LogP contribution < -0.4 is 10.9 Å². The second-order valence-corrected chi connectivity index (χ2v) is 7.27. The van der Waals surface area contributed by atoms with E-state index >= 15 is 0 Å². The predicted octanol–water partition coefficient (Wildman–Crippen LogP) is 5.17. The topological polar surface area (TPSA) is 87.1 Å². The first-order chi connectivity index (χ1) is 15.7. The number of hydrogen-bond acceptors (Lipinski definition) is 3. The number of H-pyrrole nitrogens is 1. The van der Waals surface area contributed by atoms with Gasteiger partial charge >= 0.3 is 5.91 Å². The van der Waals surface area contributed by atoms with E-state index in [0.717, 1.165) is 27.6 Å². The lowest BCUT2D eigenvalue weighted by atomic mass is 9.96. The van der Waals surface area contributed by atoms with Crippen LogP contribution in [0.15, 0.2) is 102 Å². The highest BCUT2D eigenvalue weighted by molar-refractivity contribution is 6.04. The van der Waals surface area contributed by atoms with Crippen molar-refractivity contribution >= 4 is 22.7 Å². The molecule has 6 nitrogen and oxygen atoms in total. The quantitative estimate of drug-likeness (QED) is 0.350. The predicted molar refractivity (Wildman–Crippen MR) is 123 cm³/mol. The molecule has 3 aromatic carbocycles. The molecule has 0 unspecified atom stereocenters. The van der Waals surface area contributed by atoms with E-state index in [0.29, 0.717) is 11.1 Å². The fourth-order valence-electron chi connectivity index (χ4n) is 3.68. The van der Waals surface area contributed by atoms with Crippen molar-refractivity contribution < 1.29 is 14.0 Å². The SMILES string of the molecule is O=C(NNC(=O)c1occ(-c2ccccc2)c1-c1ccccc1)c1ccc2[nH]ccc2c1. The van der Waals surface area contributed by atoms with E-state index in [9.17, 15) is 9.59 Å². The second-order valence-electron chi connectivity index (χ2n) is 7.27. The number of rotatable bonds is 4. The summed E-state index contributed by atoms with van der Waals surface area (Å²) < 4.78 is 5.68. The van der Waals surface area contributed by atoms with E-state index in [-0.39, 0.29) is 5.76 Å². The van der Waals surface area contributed by atoms with Crippen molar-refractivity contribution in [1.82, 2.24) is 15.8 Å². The molecule has 5 rings (SSSR count). The number of benzene rings is 3. The van der Waals surface area contributed by atoms with Crippen LogP contribution in [0.4, 0.5) is 0 Å². The van der Waals surface area contributed by atoms with Gasteiger partial charge in [0.2, 0.25) is 5.76 Å². The standard InChI is InChI=1S/C26H19N3O3/c30-25(20-11-12-22-19(15-20)13-14-27-22)28-29-26(31)24-23(18-9-5-2-6-10-18)21(16-32-24)17-7-3-1-4-8-17/h1-16,27H,(H,28,30)(H,29,31). The molecule has 0 saturated carbocycles. The number of hydrogen-bond donors (Lipinski definition) is 3. The number of hydrazine groups is 1. The van der Waals surface area contributed by atoms with Gasteiger partial charge in [0.15, 0.2) is 0 Å². The van der Waals surface area contributed by atoms with E-state index in [1.807, 2.05) is 72.8 Å². The third-order valence-electron chi connectivity index (χ3n) is 5.25. The molecule has 0 atom stereocenters. The van der Waals surface area contributed by atoms with Crippen molar-refractivity contribution in [3.05, 3.63) is 109 Å². The summed E-state index contributed by atoms with van der Waals surface area (Å²) in [7, 11) is 0. The number of amides is 2. The molecule has 6 heteroatoms. The van der Waals surface area contributed by atoms with Gasteiger partial charge in [-0.15, -0.1) is 0 Å². The van der Waals surface area contributed by atoms with Gasteiger partial charge in [0, 0.05) is 33.8 Å². The van der Waals surface area contributed by atoms with Crippen LogP contribution in [0.5, 0.6) is 0 Å². The Labute approximate surface area is 183 Å². The monoisotopic (exact) mass is 421 g/mol.